The Morgan fingerprint density at radius 1 is 1.15 bits per heavy atom. The van der Waals surface area contributed by atoms with Gasteiger partial charge in [-0.25, -0.2) is 9.78 Å². The molecule has 3 rings (SSSR count). The Kier molecular flexibility index (Phi) is 10.6. The van der Waals surface area contributed by atoms with Crippen LogP contribution < -0.4 is 21.3 Å². The number of aliphatic hydroxyl groups is 1. The first-order valence-electron chi connectivity index (χ1n) is 13.0. The first kappa shape index (κ1) is 29.8. The molecule has 5 N–H and O–H groups in total. The van der Waals surface area contributed by atoms with Crippen molar-refractivity contribution in [1.82, 2.24) is 26.3 Å². The van der Waals surface area contributed by atoms with Crippen molar-refractivity contribution in [2.24, 2.45) is 11.8 Å². The molecular formula is C27H37N5O7. The fraction of sp³-hybridized carbons (Fsp3) is 0.519. The predicted molar refractivity (Wildman–Crippen MR) is 140 cm³/mol. The number of ether oxygens (including phenoxy) is 1. The lowest BCUT2D eigenvalue weighted by molar-refractivity contribution is -0.140. The van der Waals surface area contributed by atoms with Gasteiger partial charge in [0.2, 0.25) is 11.7 Å². The monoisotopic (exact) mass is 543 g/mol. The van der Waals surface area contributed by atoms with Gasteiger partial charge in [-0.15, -0.1) is 0 Å². The van der Waals surface area contributed by atoms with Crippen LogP contribution in [0.4, 0.5) is 4.79 Å². The number of aliphatic hydroxyl groups excluding tert-OH is 1. The normalized spacial score (nSPS) is 18.2. The number of hydrogen-bond acceptors (Lipinski definition) is 9. The zero-order chi connectivity index (χ0) is 28.5. The molecule has 0 aliphatic carbocycles. The largest absolute Gasteiger partial charge is 0.446 e. The second kappa shape index (κ2) is 13.9. The molecule has 1 aromatic carbocycles. The van der Waals surface area contributed by atoms with Crippen LogP contribution >= 0.6 is 0 Å². The van der Waals surface area contributed by atoms with E-state index in [4.69, 9.17) is 9.15 Å². The molecule has 2 heterocycles. The van der Waals surface area contributed by atoms with Gasteiger partial charge < -0.3 is 30.2 Å². The molecule has 1 aromatic heterocycles. The number of aryl methyl sites for hydroxylation is 1. The molecule has 2 aromatic rings. The highest BCUT2D eigenvalue weighted by molar-refractivity contribution is 6.38. The maximum absolute atomic E-state index is 13.3. The Labute approximate surface area is 227 Å². The van der Waals surface area contributed by atoms with Gasteiger partial charge in [0.05, 0.1) is 30.4 Å². The Hall–Kier alpha value is -3.77. The quantitative estimate of drug-likeness (QED) is 0.218. The number of rotatable bonds is 10. The summed E-state index contributed by atoms with van der Waals surface area (Å²) in [5.41, 5.74) is 1.42. The molecule has 39 heavy (non-hydrogen) atoms. The van der Waals surface area contributed by atoms with Crippen molar-refractivity contribution in [3.8, 4) is 0 Å². The topological polar surface area (TPSA) is 172 Å². The van der Waals surface area contributed by atoms with Gasteiger partial charge in [0.1, 0.15) is 18.6 Å². The van der Waals surface area contributed by atoms with Crippen LogP contribution in [0.15, 0.2) is 41.1 Å². The van der Waals surface area contributed by atoms with Gasteiger partial charge in [0, 0.05) is 0 Å². The molecule has 3 amide bonds. The van der Waals surface area contributed by atoms with Gasteiger partial charge in [-0.2, -0.15) is 0 Å². The van der Waals surface area contributed by atoms with E-state index in [9.17, 15) is 24.3 Å². The van der Waals surface area contributed by atoms with E-state index in [0.717, 1.165) is 5.56 Å². The van der Waals surface area contributed by atoms with Crippen molar-refractivity contribution < 1.29 is 33.4 Å². The minimum atomic E-state index is -1.32. The number of Topliss-reactive ketones (excluding diaryl/α,β-unsaturated/α-hetero) is 1. The fourth-order valence-electron chi connectivity index (χ4n) is 4.23. The van der Waals surface area contributed by atoms with Gasteiger partial charge in [0.15, 0.2) is 6.39 Å². The number of carbonyl (C=O) groups excluding carboxylic acids is 4. The summed E-state index contributed by atoms with van der Waals surface area (Å²) in [4.78, 5) is 54.9. The number of ketones is 1. The predicted octanol–water partition coefficient (Wildman–Crippen LogP) is 1.17. The van der Waals surface area contributed by atoms with E-state index in [2.05, 4.69) is 26.3 Å². The average molecular weight is 544 g/mol. The minimum Gasteiger partial charge on any atom is -0.446 e. The molecule has 1 aliphatic heterocycles. The second-order valence-electron chi connectivity index (χ2n) is 10.2. The molecule has 4 unspecified atom stereocenters. The zero-order valence-corrected chi connectivity index (χ0v) is 22.6. The van der Waals surface area contributed by atoms with Crippen LogP contribution in [-0.4, -0.2) is 58.1 Å². The van der Waals surface area contributed by atoms with Gasteiger partial charge in [0.25, 0.3) is 5.91 Å². The van der Waals surface area contributed by atoms with Crippen molar-refractivity contribution >= 4 is 23.7 Å². The highest BCUT2D eigenvalue weighted by Crippen LogP contribution is 2.15. The summed E-state index contributed by atoms with van der Waals surface area (Å²) in [6.07, 6.45) is -0.286. The first-order valence-corrected chi connectivity index (χ1v) is 13.0. The van der Waals surface area contributed by atoms with Crippen molar-refractivity contribution in [3.05, 3.63) is 53.7 Å². The van der Waals surface area contributed by atoms with Crippen LogP contribution in [0.1, 0.15) is 51.1 Å². The molecular weight excluding hydrogens is 506 g/mol. The molecule has 1 aliphatic rings. The van der Waals surface area contributed by atoms with Crippen LogP contribution in [0.5, 0.6) is 0 Å². The molecule has 0 saturated heterocycles. The molecule has 212 valence electrons. The van der Waals surface area contributed by atoms with E-state index in [1.807, 2.05) is 44.2 Å². The lowest BCUT2D eigenvalue weighted by Crippen LogP contribution is -2.60. The summed E-state index contributed by atoms with van der Waals surface area (Å²) in [6.45, 7) is 7.26. The Bertz CT molecular complexity index is 1130. The van der Waals surface area contributed by atoms with Gasteiger partial charge in [-0.3, -0.25) is 19.7 Å². The molecule has 0 bridgehead atoms. The first-order chi connectivity index (χ1) is 18.6. The smallest absolute Gasteiger partial charge is 0.407 e. The number of hydrogen-bond donors (Lipinski definition) is 5. The Balaban J connectivity index is 1.63. The Morgan fingerprint density at radius 2 is 1.87 bits per heavy atom. The number of benzene rings is 1. The SMILES string of the molecule is CC(C)C(NC(O)C(NC(=O)OCc1ccccc1)C(C)C)C(=O)NC1CCc2ncoc2CNC(=O)C1=O. The number of carbonyl (C=O) groups is 4. The number of aromatic nitrogens is 1. The van der Waals surface area contributed by atoms with Gasteiger partial charge >= 0.3 is 6.09 Å². The molecule has 0 radical (unpaired) electrons. The molecule has 4 atom stereocenters. The minimum absolute atomic E-state index is 0.0281. The summed E-state index contributed by atoms with van der Waals surface area (Å²) in [5, 5.41) is 21.7. The van der Waals surface area contributed by atoms with Crippen LogP contribution in [0.3, 0.4) is 0 Å². The highest BCUT2D eigenvalue weighted by atomic mass is 16.5. The summed E-state index contributed by atoms with van der Waals surface area (Å²) in [6, 6.07) is 6.37. The van der Waals surface area contributed by atoms with Crippen LogP contribution in [-0.2, 0) is 38.7 Å². The number of fused-ring (bicyclic) bond motifs is 1. The summed E-state index contributed by atoms with van der Waals surface area (Å²) >= 11 is 0. The van der Waals surface area contributed by atoms with Crippen LogP contribution in [0.25, 0.3) is 0 Å². The van der Waals surface area contributed by atoms with Crippen molar-refractivity contribution in [1.29, 1.82) is 0 Å². The zero-order valence-electron chi connectivity index (χ0n) is 22.6. The second-order valence-corrected chi connectivity index (χ2v) is 10.2. The molecule has 0 saturated carbocycles. The van der Waals surface area contributed by atoms with E-state index in [0.29, 0.717) is 17.9 Å². The van der Waals surface area contributed by atoms with E-state index in [1.165, 1.54) is 6.39 Å². The fourth-order valence-corrected chi connectivity index (χ4v) is 4.23. The van der Waals surface area contributed by atoms with Crippen molar-refractivity contribution in [2.75, 3.05) is 0 Å². The molecule has 0 fully saturated rings. The number of amides is 3. The lowest BCUT2D eigenvalue weighted by atomic mass is 9.98. The number of oxazole rings is 1. The third-order valence-corrected chi connectivity index (χ3v) is 6.52. The number of nitrogens with one attached hydrogen (secondary N) is 4. The van der Waals surface area contributed by atoms with Crippen LogP contribution in [0.2, 0.25) is 0 Å². The average Bonchev–Trinajstić information content (AvgIpc) is 3.37. The number of alkyl carbamates (subject to hydrolysis) is 1. The standard InChI is InChI=1S/C27H37N5O7/c1-15(2)21(24(34)30-19-11-10-18-20(39-14-29-18)12-28-26(36)23(19)33)31-25(35)22(16(3)4)32-27(37)38-13-17-8-6-5-7-9-17/h5-9,14-16,19,21-22,25,31,35H,10-13H2,1-4H3,(H,28,36)(H,30,34)(H,32,37). The van der Waals surface area contributed by atoms with Crippen molar-refractivity contribution in [2.45, 2.75) is 78.0 Å². The maximum atomic E-state index is 13.3. The maximum Gasteiger partial charge on any atom is 0.407 e. The van der Waals surface area contributed by atoms with Crippen LogP contribution in [0, 0.1) is 11.8 Å². The third kappa shape index (κ3) is 8.36. The molecule has 0 spiro atoms. The lowest BCUT2D eigenvalue weighted by Gasteiger charge is -2.32. The molecule has 12 heteroatoms. The van der Waals surface area contributed by atoms with E-state index in [1.54, 1.807) is 13.8 Å². The summed E-state index contributed by atoms with van der Waals surface area (Å²) < 4.78 is 10.5. The Morgan fingerprint density at radius 3 is 2.54 bits per heavy atom. The van der Waals surface area contributed by atoms with E-state index in [-0.39, 0.29) is 31.4 Å². The highest BCUT2D eigenvalue weighted by Gasteiger charge is 2.35. The van der Waals surface area contributed by atoms with Gasteiger partial charge in [-0.05, 0) is 30.2 Å². The third-order valence-electron chi connectivity index (χ3n) is 6.52. The summed E-state index contributed by atoms with van der Waals surface area (Å²) in [7, 11) is 0. The van der Waals surface area contributed by atoms with E-state index < -0.39 is 48.0 Å². The van der Waals surface area contributed by atoms with E-state index >= 15 is 0 Å². The number of nitrogens with zero attached hydrogens (tertiary/aromatic N) is 1. The van der Waals surface area contributed by atoms with Crippen molar-refractivity contribution in [3.63, 3.8) is 0 Å². The van der Waals surface area contributed by atoms with Gasteiger partial charge in [-0.1, -0.05) is 58.0 Å². The summed E-state index contributed by atoms with van der Waals surface area (Å²) in [5.74, 6) is -2.24. The molecule has 12 nitrogen and oxygen atoms in total.